The zero-order valence-electron chi connectivity index (χ0n) is 31.0. The van der Waals surface area contributed by atoms with Gasteiger partial charge in [0.1, 0.15) is 0 Å². The number of hydrogen-bond acceptors (Lipinski definition) is 5. The van der Waals surface area contributed by atoms with Crippen LogP contribution in [0.4, 0.5) is 0 Å². The molecule has 0 bridgehead atoms. The maximum atomic E-state index is 12.3. The summed E-state index contributed by atoms with van der Waals surface area (Å²) in [5.74, 6) is -0.125. The monoisotopic (exact) mass is 664 g/mol. The van der Waals surface area contributed by atoms with Crippen LogP contribution < -0.4 is 5.32 Å². The smallest absolute Gasteiger partial charge is 0.305 e. The molecule has 0 aliphatic rings. The molecule has 276 valence electrons. The summed E-state index contributed by atoms with van der Waals surface area (Å²) in [6.07, 6.45) is 39.9. The van der Waals surface area contributed by atoms with Crippen LogP contribution in [0, 0.1) is 0 Å². The molecule has 0 saturated heterocycles. The van der Waals surface area contributed by atoms with Gasteiger partial charge in [0.05, 0.1) is 25.4 Å². The maximum absolute atomic E-state index is 12.3. The molecule has 3 N–H and O–H groups in total. The standard InChI is InChI=1S/C41H77NO5/c1-3-5-7-9-11-13-14-19-23-27-31-35-41(46)47-36-32-28-24-20-16-15-18-22-26-30-34-40(45)42-38(37-43)39(44)33-29-25-21-17-12-10-8-6-4-2/h9,11,16,20,38-39,43-44H,3-8,10,12-15,17-19,21-37H2,1-2H3,(H,42,45)/b11-9-,20-16-. The van der Waals surface area contributed by atoms with Gasteiger partial charge < -0.3 is 20.3 Å². The van der Waals surface area contributed by atoms with Crippen molar-refractivity contribution in [2.24, 2.45) is 0 Å². The fourth-order valence-electron chi connectivity index (χ4n) is 5.79. The molecular weight excluding hydrogens is 586 g/mol. The van der Waals surface area contributed by atoms with E-state index < -0.39 is 12.1 Å². The van der Waals surface area contributed by atoms with E-state index in [0.29, 0.717) is 25.9 Å². The van der Waals surface area contributed by atoms with Crippen LogP contribution in [0.25, 0.3) is 0 Å². The summed E-state index contributed by atoms with van der Waals surface area (Å²) in [4.78, 5) is 24.2. The number of aliphatic hydroxyl groups excluding tert-OH is 2. The average Bonchev–Trinajstić information content (AvgIpc) is 3.07. The molecule has 47 heavy (non-hydrogen) atoms. The third-order valence-electron chi connectivity index (χ3n) is 8.97. The molecule has 0 aliphatic heterocycles. The summed E-state index contributed by atoms with van der Waals surface area (Å²) in [5, 5.41) is 22.9. The fourth-order valence-corrected chi connectivity index (χ4v) is 5.79. The van der Waals surface area contributed by atoms with Crippen LogP contribution in [-0.2, 0) is 14.3 Å². The number of allylic oxidation sites excluding steroid dienone is 4. The molecule has 1 amide bonds. The van der Waals surface area contributed by atoms with Gasteiger partial charge in [-0.15, -0.1) is 0 Å². The highest BCUT2D eigenvalue weighted by molar-refractivity contribution is 5.76. The first kappa shape index (κ1) is 45.3. The SMILES string of the molecule is CCCC/C=C\CCCCCCCC(=O)OCCCC/C=C\CCCCCCC(=O)NC(CO)C(O)CCCCCCCCCCC. The Morgan fingerprint density at radius 2 is 1.02 bits per heavy atom. The number of hydrogen-bond donors (Lipinski definition) is 3. The van der Waals surface area contributed by atoms with E-state index in [0.717, 1.165) is 77.0 Å². The van der Waals surface area contributed by atoms with Crippen molar-refractivity contribution in [3.8, 4) is 0 Å². The van der Waals surface area contributed by atoms with Gasteiger partial charge in [-0.25, -0.2) is 0 Å². The van der Waals surface area contributed by atoms with E-state index in [4.69, 9.17) is 4.74 Å². The van der Waals surface area contributed by atoms with Crippen molar-refractivity contribution in [1.29, 1.82) is 0 Å². The first-order chi connectivity index (χ1) is 23.0. The van der Waals surface area contributed by atoms with Gasteiger partial charge in [0.15, 0.2) is 0 Å². The maximum Gasteiger partial charge on any atom is 0.305 e. The molecule has 0 aromatic rings. The van der Waals surface area contributed by atoms with E-state index >= 15 is 0 Å². The van der Waals surface area contributed by atoms with Crippen molar-refractivity contribution in [3.05, 3.63) is 24.3 Å². The van der Waals surface area contributed by atoms with Crippen molar-refractivity contribution in [2.45, 2.75) is 212 Å². The van der Waals surface area contributed by atoms with E-state index in [2.05, 4.69) is 43.5 Å². The summed E-state index contributed by atoms with van der Waals surface area (Å²) in [7, 11) is 0. The third-order valence-corrected chi connectivity index (χ3v) is 8.97. The van der Waals surface area contributed by atoms with E-state index in [-0.39, 0.29) is 18.5 Å². The largest absolute Gasteiger partial charge is 0.466 e. The first-order valence-corrected chi connectivity index (χ1v) is 20.1. The van der Waals surface area contributed by atoms with Gasteiger partial charge in [-0.1, -0.05) is 141 Å². The Morgan fingerprint density at radius 3 is 1.57 bits per heavy atom. The van der Waals surface area contributed by atoms with E-state index in [9.17, 15) is 19.8 Å². The lowest BCUT2D eigenvalue weighted by atomic mass is 10.0. The lowest BCUT2D eigenvalue weighted by Crippen LogP contribution is -2.45. The molecule has 0 aliphatic carbocycles. The minimum absolute atomic E-state index is 0.0490. The van der Waals surface area contributed by atoms with Crippen LogP contribution in [0.1, 0.15) is 200 Å². The predicted octanol–water partition coefficient (Wildman–Crippen LogP) is 10.8. The minimum atomic E-state index is -0.683. The van der Waals surface area contributed by atoms with Crippen LogP contribution >= 0.6 is 0 Å². The molecule has 0 aromatic heterocycles. The molecule has 2 atom stereocenters. The number of carbonyl (C=O) groups excluding carboxylic acids is 2. The van der Waals surface area contributed by atoms with Crippen molar-refractivity contribution in [3.63, 3.8) is 0 Å². The van der Waals surface area contributed by atoms with Gasteiger partial charge in [0.25, 0.3) is 0 Å². The number of rotatable bonds is 36. The Kier molecular flexibility index (Phi) is 35.9. The molecule has 2 unspecified atom stereocenters. The molecule has 0 fully saturated rings. The number of esters is 1. The fraction of sp³-hybridized carbons (Fsp3) is 0.854. The molecule has 6 nitrogen and oxygen atoms in total. The highest BCUT2D eigenvalue weighted by Crippen LogP contribution is 2.14. The Labute approximate surface area is 291 Å². The molecule has 0 saturated carbocycles. The second kappa shape index (κ2) is 37.2. The molecule has 0 spiro atoms. The normalized spacial score (nSPS) is 13.0. The number of nitrogens with one attached hydrogen (secondary N) is 1. The molecule has 0 aromatic carbocycles. The van der Waals surface area contributed by atoms with Gasteiger partial charge in [-0.2, -0.15) is 0 Å². The second-order valence-corrected chi connectivity index (χ2v) is 13.6. The Balaban J connectivity index is 3.56. The molecule has 0 heterocycles. The Hall–Kier alpha value is -1.66. The Morgan fingerprint density at radius 1 is 0.574 bits per heavy atom. The lowest BCUT2D eigenvalue weighted by molar-refractivity contribution is -0.143. The van der Waals surface area contributed by atoms with Crippen molar-refractivity contribution in [1.82, 2.24) is 5.32 Å². The average molecular weight is 664 g/mol. The molecule has 0 rings (SSSR count). The van der Waals surface area contributed by atoms with E-state index in [1.807, 2.05) is 0 Å². The lowest BCUT2D eigenvalue weighted by Gasteiger charge is -2.22. The number of carbonyl (C=O) groups is 2. The number of unbranched alkanes of at least 4 members (excludes halogenated alkanes) is 21. The van der Waals surface area contributed by atoms with Gasteiger partial charge in [0.2, 0.25) is 5.91 Å². The van der Waals surface area contributed by atoms with Gasteiger partial charge in [0, 0.05) is 12.8 Å². The van der Waals surface area contributed by atoms with Crippen molar-refractivity contribution >= 4 is 11.9 Å². The van der Waals surface area contributed by atoms with Crippen molar-refractivity contribution in [2.75, 3.05) is 13.2 Å². The zero-order valence-corrected chi connectivity index (χ0v) is 31.0. The summed E-state index contributed by atoms with van der Waals surface area (Å²) < 4.78 is 5.39. The second-order valence-electron chi connectivity index (χ2n) is 13.6. The summed E-state index contributed by atoms with van der Waals surface area (Å²) in [6, 6.07) is -0.564. The van der Waals surface area contributed by atoms with E-state index in [1.165, 1.54) is 89.9 Å². The highest BCUT2D eigenvalue weighted by Gasteiger charge is 2.20. The molecule has 0 radical (unpaired) electrons. The number of aliphatic hydroxyl groups is 2. The van der Waals surface area contributed by atoms with Crippen molar-refractivity contribution < 1.29 is 24.5 Å². The van der Waals surface area contributed by atoms with Crippen LogP contribution in [0.15, 0.2) is 24.3 Å². The Bertz CT molecular complexity index is 737. The van der Waals surface area contributed by atoms with Gasteiger partial charge in [-0.05, 0) is 70.6 Å². The number of amides is 1. The molecule has 6 heteroatoms. The minimum Gasteiger partial charge on any atom is -0.466 e. The molecular formula is C41H77NO5. The first-order valence-electron chi connectivity index (χ1n) is 20.1. The summed E-state index contributed by atoms with van der Waals surface area (Å²) in [6.45, 7) is 4.77. The summed E-state index contributed by atoms with van der Waals surface area (Å²) in [5.41, 5.74) is 0. The topological polar surface area (TPSA) is 95.9 Å². The zero-order chi connectivity index (χ0) is 34.5. The third kappa shape index (κ3) is 34.0. The van der Waals surface area contributed by atoms with E-state index in [1.54, 1.807) is 0 Å². The van der Waals surface area contributed by atoms with Crippen LogP contribution in [-0.4, -0.2) is 47.4 Å². The van der Waals surface area contributed by atoms with Crippen LogP contribution in [0.2, 0.25) is 0 Å². The van der Waals surface area contributed by atoms with Gasteiger partial charge in [-0.3, -0.25) is 9.59 Å². The van der Waals surface area contributed by atoms with Crippen LogP contribution in [0.5, 0.6) is 0 Å². The van der Waals surface area contributed by atoms with Crippen LogP contribution in [0.3, 0.4) is 0 Å². The highest BCUT2D eigenvalue weighted by atomic mass is 16.5. The predicted molar refractivity (Wildman–Crippen MR) is 200 cm³/mol. The quantitative estimate of drug-likeness (QED) is 0.0352. The summed E-state index contributed by atoms with van der Waals surface area (Å²) >= 11 is 0. The van der Waals surface area contributed by atoms with Gasteiger partial charge >= 0.3 is 5.97 Å². The number of ether oxygens (including phenoxy) is 1.